The van der Waals surface area contributed by atoms with Crippen LogP contribution in [0.15, 0.2) is 23.6 Å². The number of anilines is 1. The van der Waals surface area contributed by atoms with Gasteiger partial charge in [0, 0.05) is 11.3 Å². The molecule has 6 heteroatoms. The molecule has 2 unspecified atom stereocenters. The van der Waals surface area contributed by atoms with Gasteiger partial charge in [-0.05, 0) is 19.1 Å². The summed E-state index contributed by atoms with van der Waals surface area (Å²) < 4.78 is 1.31. The zero-order valence-corrected chi connectivity index (χ0v) is 13.2. The third kappa shape index (κ3) is 3.38. The molecule has 1 aliphatic rings. The number of rotatable bonds is 5. The number of allylic oxidation sites excluding steroid dienone is 1. The Kier molecular flexibility index (Phi) is 5.54. The van der Waals surface area contributed by atoms with Gasteiger partial charge >= 0.3 is 0 Å². The SMILES string of the molecule is C=CCn1ncc(NC2CCCCC2SC)c(Cl)c1=O. The van der Waals surface area contributed by atoms with Gasteiger partial charge < -0.3 is 5.32 Å². The Morgan fingerprint density at radius 3 is 3.05 bits per heavy atom. The van der Waals surface area contributed by atoms with Crippen molar-refractivity contribution in [2.75, 3.05) is 11.6 Å². The van der Waals surface area contributed by atoms with Crippen LogP contribution in [0, 0.1) is 0 Å². The first kappa shape index (κ1) is 15.4. The van der Waals surface area contributed by atoms with Crippen LogP contribution in [0.3, 0.4) is 0 Å². The standard InChI is InChI=1S/C14H20ClN3OS/c1-3-8-18-14(19)13(15)11(9-16-18)17-10-6-4-5-7-12(10)20-2/h3,9-10,12,17H,1,4-8H2,2H3. The summed E-state index contributed by atoms with van der Waals surface area (Å²) in [5.74, 6) is 0. The van der Waals surface area contributed by atoms with Crippen LogP contribution >= 0.6 is 23.4 Å². The van der Waals surface area contributed by atoms with Crippen LogP contribution in [0.1, 0.15) is 25.7 Å². The molecule has 1 aromatic rings. The molecule has 0 bridgehead atoms. The van der Waals surface area contributed by atoms with Gasteiger partial charge in [-0.25, -0.2) is 4.68 Å². The van der Waals surface area contributed by atoms with E-state index in [1.165, 1.54) is 23.9 Å². The number of hydrogen-bond donors (Lipinski definition) is 1. The molecule has 1 N–H and O–H groups in total. The van der Waals surface area contributed by atoms with Crippen molar-refractivity contribution in [3.63, 3.8) is 0 Å². The summed E-state index contributed by atoms with van der Waals surface area (Å²) in [6, 6.07) is 0.354. The molecule has 0 spiro atoms. The minimum absolute atomic E-state index is 0.215. The normalized spacial score (nSPS) is 22.5. The third-order valence-corrected chi connectivity index (χ3v) is 5.17. The fraction of sp³-hybridized carbons (Fsp3) is 0.571. The Hall–Kier alpha value is -0.940. The minimum atomic E-state index is -0.270. The van der Waals surface area contributed by atoms with Crippen LogP contribution in [-0.4, -0.2) is 27.3 Å². The Morgan fingerprint density at radius 1 is 1.60 bits per heavy atom. The second kappa shape index (κ2) is 7.18. The highest BCUT2D eigenvalue weighted by Gasteiger charge is 2.25. The van der Waals surface area contributed by atoms with Crippen LogP contribution in [0.2, 0.25) is 5.02 Å². The monoisotopic (exact) mass is 313 g/mol. The van der Waals surface area contributed by atoms with Crippen LogP contribution in [0.4, 0.5) is 5.69 Å². The molecule has 1 heterocycles. The van der Waals surface area contributed by atoms with E-state index in [4.69, 9.17) is 11.6 Å². The Bertz CT molecular complexity index is 532. The number of nitrogens with zero attached hydrogens (tertiary/aromatic N) is 2. The second-order valence-corrected chi connectivity index (χ2v) is 6.41. The molecule has 1 aliphatic carbocycles. The molecule has 0 aromatic carbocycles. The number of nitrogens with one attached hydrogen (secondary N) is 1. The van der Waals surface area contributed by atoms with Gasteiger partial charge in [-0.3, -0.25) is 4.79 Å². The summed E-state index contributed by atoms with van der Waals surface area (Å²) >= 11 is 8.04. The third-order valence-electron chi connectivity index (χ3n) is 3.63. The molecular formula is C14H20ClN3OS. The van der Waals surface area contributed by atoms with Gasteiger partial charge in [0.2, 0.25) is 0 Å². The molecule has 110 valence electrons. The number of aromatic nitrogens is 2. The lowest BCUT2D eigenvalue weighted by atomic mass is 9.95. The molecule has 2 rings (SSSR count). The van der Waals surface area contributed by atoms with Crippen molar-refractivity contribution in [3.05, 3.63) is 34.2 Å². The van der Waals surface area contributed by atoms with Crippen molar-refractivity contribution >= 4 is 29.1 Å². The summed E-state index contributed by atoms with van der Waals surface area (Å²) in [6.45, 7) is 3.97. The van der Waals surface area contributed by atoms with Gasteiger partial charge in [-0.1, -0.05) is 30.5 Å². The van der Waals surface area contributed by atoms with Crippen LogP contribution in [-0.2, 0) is 6.54 Å². The largest absolute Gasteiger partial charge is 0.379 e. The van der Waals surface area contributed by atoms with Gasteiger partial charge in [0.15, 0.2) is 0 Å². The number of halogens is 1. The first-order valence-corrected chi connectivity index (χ1v) is 8.49. The molecule has 2 atom stereocenters. The molecule has 0 radical (unpaired) electrons. The maximum Gasteiger partial charge on any atom is 0.287 e. The zero-order chi connectivity index (χ0) is 14.5. The first-order valence-electron chi connectivity index (χ1n) is 6.83. The van der Waals surface area contributed by atoms with E-state index < -0.39 is 0 Å². The second-order valence-electron chi connectivity index (χ2n) is 4.96. The Labute approximate surface area is 128 Å². The molecule has 4 nitrogen and oxygen atoms in total. The maximum absolute atomic E-state index is 12.0. The minimum Gasteiger partial charge on any atom is -0.379 e. The molecule has 0 saturated heterocycles. The van der Waals surface area contributed by atoms with E-state index in [9.17, 15) is 4.79 Å². The summed E-state index contributed by atoms with van der Waals surface area (Å²) in [4.78, 5) is 12.0. The van der Waals surface area contributed by atoms with Gasteiger partial charge in [0.25, 0.3) is 5.56 Å². The lowest BCUT2D eigenvalue weighted by Crippen LogP contribution is -2.35. The van der Waals surface area contributed by atoms with Gasteiger partial charge in [0.05, 0.1) is 18.4 Å². The first-order chi connectivity index (χ1) is 9.67. The van der Waals surface area contributed by atoms with Crippen molar-refractivity contribution in [2.24, 2.45) is 0 Å². The fourth-order valence-electron chi connectivity index (χ4n) is 2.56. The van der Waals surface area contributed by atoms with E-state index >= 15 is 0 Å². The van der Waals surface area contributed by atoms with E-state index in [1.54, 1.807) is 12.3 Å². The average Bonchev–Trinajstić information content (AvgIpc) is 2.47. The van der Waals surface area contributed by atoms with Crippen LogP contribution in [0.25, 0.3) is 0 Å². The predicted octanol–water partition coefficient (Wildman–Crippen LogP) is 3.17. The summed E-state index contributed by atoms with van der Waals surface area (Å²) in [6.07, 6.45) is 10.2. The lowest BCUT2D eigenvalue weighted by molar-refractivity contribution is 0.474. The van der Waals surface area contributed by atoms with Gasteiger partial charge in [0.1, 0.15) is 5.02 Å². The van der Waals surface area contributed by atoms with Gasteiger partial charge in [-0.15, -0.1) is 6.58 Å². The molecule has 0 amide bonds. The number of hydrogen-bond acceptors (Lipinski definition) is 4. The summed E-state index contributed by atoms with van der Waals surface area (Å²) in [5.41, 5.74) is 0.371. The quantitative estimate of drug-likeness (QED) is 0.848. The Morgan fingerprint density at radius 2 is 2.35 bits per heavy atom. The predicted molar refractivity (Wildman–Crippen MR) is 86.9 cm³/mol. The van der Waals surface area contributed by atoms with E-state index in [0.29, 0.717) is 23.5 Å². The Balaban J connectivity index is 2.19. The summed E-state index contributed by atoms with van der Waals surface area (Å²) in [7, 11) is 0. The van der Waals surface area contributed by atoms with Crippen LogP contribution < -0.4 is 10.9 Å². The zero-order valence-electron chi connectivity index (χ0n) is 11.6. The highest BCUT2D eigenvalue weighted by atomic mass is 35.5. The fourth-order valence-corrected chi connectivity index (χ4v) is 3.70. The van der Waals surface area contributed by atoms with E-state index in [1.807, 2.05) is 11.8 Å². The topological polar surface area (TPSA) is 46.9 Å². The van der Waals surface area contributed by atoms with Crippen LogP contribution in [0.5, 0.6) is 0 Å². The van der Waals surface area contributed by atoms with Crippen molar-refractivity contribution in [1.82, 2.24) is 9.78 Å². The van der Waals surface area contributed by atoms with E-state index in [2.05, 4.69) is 23.3 Å². The van der Waals surface area contributed by atoms with E-state index in [-0.39, 0.29) is 10.6 Å². The highest BCUT2D eigenvalue weighted by molar-refractivity contribution is 7.99. The average molecular weight is 314 g/mol. The molecule has 1 saturated carbocycles. The molecule has 1 aromatic heterocycles. The lowest BCUT2D eigenvalue weighted by Gasteiger charge is -2.31. The van der Waals surface area contributed by atoms with Crippen molar-refractivity contribution in [2.45, 2.75) is 43.5 Å². The smallest absolute Gasteiger partial charge is 0.287 e. The van der Waals surface area contributed by atoms with Crippen molar-refractivity contribution in [1.29, 1.82) is 0 Å². The molecule has 20 heavy (non-hydrogen) atoms. The molecule has 0 aliphatic heterocycles. The highest BCUT2D eigenvalue weighted by Crippen LogP contribution is 2.30. The summed E-state index contributed by atoms with van der Waals surface area (Å²) in [5, 5.41) is 8.31. The number of thioether (sulfide) groups is 1. The molecular weight excluding hydrogens is 294 g/mol. The van der Waals surface area contributed by atoms with Crippen molar-refractivity contribution in [3.8, 4) is 0 Å². The van der Waals surface area contributed by atoms with Gasteiger partial charge in [-0.2, -0.15) is 16.9 Å². The molecule has 1 fully saturated rings. The van der Waals surface area contributed by atoms with Crippen molar-refractivity contribution < 1.29 is 0 Å². The maximum atomic E-state index is 12.0. The van der Waals surface area contributed by atoms with E-state index in [0.717, 1.165) is 6.42 Å².